The summed E-state index contributed by atoms with van der Waals surface area (Å²) in [7, 11) is 0. The molecular formula is C14H23N5OS. The number of rotatable bonds is 6. The van der Waals surface area contributed by atoms with Crippen molar-refractivity contribution in [1.82, 2.24) is 20.1 Å². The van der Waals surface area contributed by atoms with E-state index in [9.17, 15) is 4.79 Å². The van der Waals surface area contributed by atoms with E-state index in [1.54, 1.807) is 10.6 Å². The van der Waals surface area contributed by atoms with Gasteiger partial charge in [-0.15, -0.1) is 16.8 Å². The normalized spacial score (nSPS) is 22.0. The fraction of sp³-hybridized carbons (Fsp3) is 0.643. The van der Waals surface area contributed by atoms with Gasteiger partial charge in [0.25, 0.3) is 0 Å². The zero-order chi connectivity index (χ0) is 15.2. The van der Waals surface area contributed by atoms with E-state index in [-0.39, 0.29) is 5.91 Å². The molecule has 1 fully saturated rings. The molecule has 1 heterocycles. The molecule has 116 valence electrons. The van der Waals surface area contributed by atoms with Crippen LogP contribution in [0, 0.1) is 5.92 Å². The minimum absolute atomic E-state index is 0.0467. The van der Waals surface area contributed by atoms with Gasteiger partial charge in [0.15, 0.2) is 5.16 Å². The van der Waals surface area contributed by atoms with E-state index >= 15 is 0 Å². The van der Waals surface area contributed by atoms with Gasteiger partial charge in [0.2, 0.25) is 11.9 Å². The van der Waals surface area contributed by atoms with Crippen molar-refractivity contribution in [3.63, 3.8) is 0 Å². The number of hydrogen-bond acceptors (Lipinski definition) is 5. The first-order valence-electron chi connectivity index (χ1n) is 7.33. The number of nitrogens with two attached hydrogens (primary N) is 1. The molecule has 7 heteroatoms. The summed E-state index contributed by atoms with van der Waals surface area (Å²) in [6.07, 6.45) is 6.48. The highest BCUT2D eigenvalue weighted by Crippen LogP contribution is 2.24. The Kier molecular flexibility index (Phi) is 5.67. The van der Waals surface area contributed by atoms with E-state index in [1.165, 1.54) is 31.0 Å². The van der Waals surface area contributed by atoms with Gasteiger partial charge in [-0.2, -0.15) is 0 Å². The first-order valence-corrected chi connectivity index (χ1v) is 8.32. The van der Waals surface area contributed by atoms with Crippen LogP contribution in [0.1, 0.15) is 32.6 Å². The van der Waals surface area contributed by atoms with Gasteiger partial charge in [0.05, 0.1) is 5.75 Å². The molecule has 0 bridgehead atoms. The van der Waals surface area contributed by atoms with Crippen LogP contribution in [0.15, 0.2) is 17.8 Å². The predicted molar refractivity (Wildman–Crippen MR) is 84.9 cm³/mol. The van der Waals surface area contributed by atoms with E-state index in [0.29, 0.717) is 35.4 Å². The van der Waals surface area contributed by atoms with E-state index in [4.69, 9.17) is 5.73 Å². The summed E-state index contributed by atoms with van der Waals surface area (Å²) in [5.41, 5.74) is 5.73. The van der Waals surface area contributed by atoms with Crippen LogP contribution in [0.4, 0.5) is 5.95 Å². The number of aromatic nitrogens is 3. The number of nitrogens with zero attached hydrogens (tertiary/aromatic N) is 3. The lowest BCUT2D eigenvalue weighted by molar-refractivity contribution is -0.119. The molecule has 21 heavy (non-hydrogen) atoms. The monoisotopic (exact) mass is 309 g/mol. The highest BCUT2D eigenvalue weighted by atomic mass is 32.2. The first-order chi connectivity index (χ1) is 10.1. The van der Waals surface area contributed by atoms with Gasteiger partial charge in [0.1, 0.15) is 0 Å². The lowest BCUT2D eigenvalue weighted by Gasteiger charge is -2.29. The maximum absolute atomic E-state index is 12.1. The highest BCUT2D eigenvalue weighted by molar-refractivity contribution is 7.99. The number of nitrogens with one attached hydrogen (secondary N) is 1. The smallest absolute Gasteiger partial charge is 0.230 e. The van der Waals surface area contributed by atoms with Crippen molar-refractivity contribution >= 4 is 23.6 Å². The van der Waals surface area contributed by atoms with Crippen LogP contribution >= 0.6 is 11.8 Å². The molecule has 2 unspecified atom stereocenters. The van der Waals surface area contributed by atoms with Crippen LogP contribution in [0.25, 0.3) is 0 Å². The van der Waals surface area contributed by atoms with Gasteiger partial charge in [-0.1, -0.05) is 37.6 Å². The zero-order valence-electron chi connectivity index (χ0n) is 12.4. The zero-order valence-corrected chi connectivity index (χ0v) is 13.2. The van der Waals surface area contributed by atoms with Crippen molar-refractivity contribution in [2.75, 3.05) is 11.5 Å². The second kappa shape index (κ2) is 7.49. The van der Waals surface area contributed by atoms with Gasteiger partial charge in [-0.25, -0.2) is 0 Å². The minimum Gasteiger partial charge on any atom is -0.368 e. The molecule has 0 spiro atoms. The number of amides is 1. The molecule has 1 saturated carbocycles. The van der Waals surface area contributed by atoms with Gasteiger partial charge in [-0.05, 0) is 18.8 Å². The summed E-state index contributed by atoms with van der Waals surface area (Å²) < 4.78 is 1.74. The molecule has 1 aliphatic rings. The quantitative estimate of drug-likeness (QED) is 0.618. The summed E-state index contributed by atoms with van der Waals surface area (Å²) in [6, 6.07) is 0.308. The molecule has 6 nitrogen and oxygen atoms in total. The van der Waals surface area contributed by atoms with Gasteiger partial charge in [-0.3, -0.25) is 9.36 Å². The number of thioether (sulfide) groups is 1. The standard InChI is InChI=1S/C14H23N5OS/c1-3-8-19-13(15)17-18-14(19)21-9-12(20)16-11-7-5-4-6-10(11)2/h3,10-11H,1,4-9H2,2H3,(H2,15,17)(H,16,20). The van der Waals surface area contributed by atoms with Crippen molar-refractivity contribution in [3.05, 3.63) is 12.7 Å². The molecule has 3 N–H and O–H groups in total. The second-order valence-electron chi connectivity index (χ2n) is 5.46. The van der Waals surface area contributed by atoms with Crippen LogP contribution in [0.3, 0.4) is 0 Å². The van der Waals surface area contributed by atoms with E-state index in [2.05, 4.69) is 29.0 Å². The maximum Gasteiger partial charge on any atom is 0.230 e. The fourth-order valence-corrected chi connectivity index (χ4v) is 3.38. The average Bonchev–Trinajstić information content (AvgIpc) is 2.81. The van der Waals surface area contributed by atoms with Crippen LogP contribution in [-0.4, -0.2) is 32.5 Å². The predicted octanol–water partition coefficient (Wildman–Crippen LogP) is 1.83. The Bertz CT molecular complexity index is 502. The van der Waals surface area contributed by atoms with Gasteiger partial charge < -0.3 is 11.1 Å². The van der Waals surface area contributed by atoms with Crippen molar-refractivity contribution < 1.29 is 4.79 Å². The van der Waals surface area contributed by atoms with Gasteiger partial charge in [0, 0.05) is 12.6 Å². The topological polar surface area (TPSA) is 85.8 Å². The lowest BCUT2D eigenvalue weighted by Crippen LogP contribution is -2.41. The number of carbonyl (C=O) groups is 1. The van der Waals surface area contributed by atoms with Crippen LogP contribution < -0.4 is 11.1 Å². The number of anilines is 1. The maximum atomic E-state index is 12.1. The van der Waals surface area contributed by atoms with Crippen LogP contribution in [0.2, 0.25) is 0 Å². The number of nitrogen functional groups attached to an aromatic ring is 1. The van der Waals surface area contributed by atoms with Crippen LogP contribution in [-0.2, 0) is 11.3 Å². The number of allylic oxidation sites excluding steroid dienone is 1. The van der Waals surface area contributed by atoms with Crippen molar-refractivity contribution in [3.8, 4) is 0 Å². The second-order valence-corrected chi connectivity index (χ2v) is 6.41. The Morgan fingerprint density at radius 1 is 1.52 bits per heavy atom. The molecule has 0 radical (unpaired) electrons. The summed E-state index contributed by atoms with van der Waals surface area (Å²) in [4.78, 5) is 12.1. The first kappa shape index (κ1) is 15.9. The molecule has 1 aromatic rings. The summed E-state index contributed by atoms with van der Waals surface area (Å²) in [6.45, 7) is 6.43. The molecule has 1 aromatic heterocycles. The van der Waals surface area contributed by atoms with Gasteiger partial charge >= 0.3 is 0 Å². The Balaban J connectivity index is 1.85. The third-order valence-corrected chi connectivity index (χ3v) is 4.81. The largest absolute Gasteiger partial charge is 0.368 e. The Hall–Kier alpha value is -1.50. The van der Waals surface area contributed by atoms with Crippen molar-refractivity contribution in [2.24, 2.45) is 5.92 Å². The summed E-state index contributed by atoms with van der Waals surface area (Å²) in [5, 5.41) is 11.6. The molecule has 0 aliphatic heterocycles. The Labute approximate surface area is 129 Å². The average molecular weight is 309 g/mol. The third kappa shape index (κ3) is 4.23. The third-order valence-electron chi connectivity index (χ3n) is 3.85. The molecule has 1 aliphatic carbocycles. The number of carbonyl (C=O) groups excluding carboxylic acids is 1. The Morgan fingerprint density at radius 3 is 3.00 bits per heavy atom. The fourth-order valence-electron chi connectivity index (χ4n) is 2.62. The molecule has 2 atom stereocenters. The van der Waals surface area contributed by atoms with E-state index in [1.807, 2.05) is 0 Å². The molecular weight excluding hydrogens is 286 g/mol. The van der Waals surface area contributed by atoms with Crippen molar-refractivity contribution in [2.45, 2.75) is 50.4 Å². The molecule has 0 saturated heterocycles. The minimum atomic E-state index is 0.0467. The SMILES string of the molecule is C=CCn1c(N)nnc1SCC(=O)NC1CCCCC1C. The molecule has 0 aromatic carbocycles. The highest BCUT2D eigenvalue weighted by Gasteiger charge is 2.23. The summed E-state index contributed by atoms with van der Waals surface area (Å²) >= 11 is 1.36. The molecule has 1 amide bonds. The van der Waals surface area contributed by atoms with E-state index in [0.717, 1.165) is 6.42 Å². The summed E-state index contributed by atoms with van der Waals surface area (Å²) in [5.74, 6) is 1.29. The van der Waals surface area contributed by atoms with E-state index < -0.39 is 0 Å². The molecule has 2 rings (SSSR count). The number of hydrogen-bond donors (Lipinski definition) is 2. The Morgan fingerprint density at radius 2 is 2.29 bits per heavy atom. The lowest BCUT2D eigenvalue weighted by atomic mass is 9.86. The van der Waals surface area contributed by atoms with Crippen molar-refractivity contribution in [1.29, 1.82) is 0 Å². The van der Waals surface area contributed by atoms with Crippen LogP contribution in [0.5, 0.6) is 0 Å².